The Balaban J connectivity index is 1.64. The summed E-state index contributed by atoms with van der Waals surface area (Å²) in [5.74, 6) is 0.719. The van der Waals surface area contributed by atoms with Crippen LogP contribution in [0.2, 0.25) is 0 Å². The monoisotopic (exact) mass is 263 g/mol. The highest BCUT2D eigenvalue weighted by Crippen LogP contribution is 2.24. The summed E-state index contributed by atoms with van der Waals surface area (Å²) < 4.78 is 5.50. The highest BCUT2D eigenvalue weighted by molar-refractivity contribution is 7.13. The van der Waals surface area contributed by atoms with Gasteiger partial charge in [0.2, 0.25) is 5.89 Å². The minimum atomic E-state index is 0.183. The fraction of sp³-hybridized carbons (Fsp3) is 0.462. The molecule has 0 radical (unpaired) electrons. The molecular weight excluding hydrogens is 246 g/mol. The lowest BCUT2D eigenvalue weighted by atomic mass is 10.0. The van der Waals surface area contributed by atoms with Gasteiger partial charge in [-0.1, -0.05) is 6.07 Å². The highest BCUT2D eigenvalue weighted by Gasteiger charge is 2.27. The van der Waals surface area contributed by atoms with Gasteiger partial charge in [0.1, 0.15) is 6.26 Å². The fourth-order valence-electron chi connectivity index (χ4n) is 2.17. The van der Waals surface area contributed by atoms with Gasteiger partial charge >= 0.3 is 0 Å². The van der Waals surface area contributed by atoms with Crippen molar-refractivity contribution in [3.63, 3.8) is 0 Å². The van der Waals surface area contributed by atoms with E-state index >= 15 is 0 Å². The normalized spacial score (nSPS) is 23.6. The molecule has 1 unspecified atom stereocenters. The Morgan fingerprint density at radius 1 is 1.61 bits per heavy atom. The minimum Gasteiger partial charge on any atom is -0.444 e. The standard InChI is InChI=1S/C13H17N3OS/c1-13(4-5-14-9-13)15-7-10-8-17-12(16-10)11-3-2-6-18-11/h2-3,6,8,14-15H,4-5,7,9H2,1H3. The maximum atomic E-state index is 5.50. The zero-order valence-electron chi connectivity index (χ0n) is 10.4. The highest BCUT2D eigenvalue weighted by atomic mass is 32.1. The van der Waals surface area contributed by atoms with Crippen molar-refractivity contribution in [2.75, 3.05) is 13.1 Å². The predicted octanol–water partition coefficient (Wildman–Crippen LogP) is 2.24. The summed E-state index contributed by atoms with van der Waals surface area (Å²) in [4.78, 5) is 5.58. The molecule has 0 aromatic carbocycles. The molecule has 0 saturated carbocycles. The number of hydrogen-bond acceptors (Lipinski definition) is 5. The molecule has 1 atom stereocenters. The molecule has 1 aliphatic heterocycles. The summed E-state index contributed by atoms with van der Waals surface area (Å²) in [5.41, 5.74) is 1.15. The fourth-order valence-corrected chi connectivity index (χ4v) is 2.83. The lowest BCUT2D eigenvalue weighted by molar-refractivity contribution is 0.383. The van der Waals surface area contributed by atoms with E-state index in [1.807, 2.05) is 17.5 Å². The van der Waals surface area contributed by atoms with E-state index in [1.165, 1.54) is 0 Å². The van der Waals surface area contributed by atoms with Crippen LogP contribution < -0.4 is 10.6 Å². The van der Waals surface area contributed by atoms with E-state index in [2.05, 4.69) is 22.5 Å². The zero-order chi connectivity index (χ0) is 12.4. The smallest absolute Gasteiger partial charge is 0.236 e. The lowest BCUT2D eigenvalue weighted by Crippen LogP contribution is -2.43. The summed E-state index contributed by atoms with van der Waals surface area (Å²) in [6, 6.07) is 4.03. The van der Waals surface area contributed by atoms with Gasteiger partial charge in [0, 0.05) is 18.6 Å². The molecule has 3 heterocycles. The van der Waals surface area contributed by atoms with Crippen LogP contribution in [0.3, 0.4) is 0 Å². The second-order valence-electron chi connectivity index (χ2n) is 4.96. The second-order valence-corrected chi connectivity index (χ2v) is 5.91. The molecule has 3 rings (SSSR count). The average molecular weight is 263 g/mol. The number of hydrogen-bond donors (Lipinski definition) is 2. The molecular formula is C13H17N3OS. The first-order valence-corrected chi connectivity index (χ1v) is 7.07. The summed E-state index contributed by atoms with van der Waals surface area (Å²) in [6.07, 6.45) is 2.90. The van der Waals surface area contributed by atoms with E-state index in [-0.39, 0.29) is 5.54 Å². The maximum Gasteiger partial charge on any atom is 0.236 e. The van der Waals surface area contributed by atoms with Gasteiger partial charge in [-0.05, 0) is 31.3 Å². The molecule has 0 spiro atoms. The van der Waals surface area contributed by atoms with E-state index in [4.69, 9.17) is 4.42 Å². The molecule has 1 saturated heterocycles. The van der Waals surface area contributed by atoms with Crippen LogP contribution in [-0.2, 0) is 6.54 Å². The van der Waals surface area contributed by atoms with E-state index in [0.29, 0.717) is 0 Å². The van der Waals surface area contributed by atoms with Crippen LogP contribution in [-0.4, -0.2) is 23.6 Å². The first kappa shape index (κ1) is 11.9. The molecule has 2 N–H and O–H groups in total. The van der Waals surface area contributed by atoms with Crippen LogP contribution in [0.1, 0.15) is 19.0 Å². The van der Waals surface area contributed by atoms with Gasteiger partial charge < -0.3 is 15.1 Å². The largest absolute Gasteiger partial charge is 0.444 e. The summed E-state index contributed by atoms with van der Waals surface area (Å²) in [7, 11) is 0. The summed E-state index contributed by atoms with van der Waals surface area (Å²) >= 11 is 1.65. The molecule has 18 heavy (non-hydrogen) atoms. The van der Waals surface area contributed by atoms with Crippen molar-refractivity contribution in [3.05, 3.63) is 29.5 Å². The van der Waals surface area contributed by atoms with Crippen molar-refractivity contribution in [3.8, 4) is 10.8 Å². The van der Waals surface area contributed by atoms with Crippen LogP contribution in [0, 0.1) is 0 Å². The molecule has 0 aliphatic carbocycles. The van der Waals surface area contributed by atoms with Gasteiger partial charge in [0.05, 0.1) is 10.6 Å². The number of oxazole rings is 1. The van der Waals surface area contributed by atoms with Crippen molar-refractivity contribution in [2.45, 2.75) is 25.4 Å². The van der Waals surface area contributed by atoms with Gasteiger partial charge in [0.15, 0.2) is 0 Å². The number of thiophene rings is 1. The van der Waals surface area contributed by atoms with Crippen molar-refractivity contribution >= 4 is 11.3 Å². The van der Waals surface area contributed by atoms with Crippen LogP contribution in [0.4, 0.5) is 0 Å². The third kappa shape index (κ3) is 2.48. The molecule has 5 heteroatoms. The third-order valence-electron chi connectivity index (χ3n) is 3.35. The quantitative estimate of drug-likeness (QED) is 0.888. The Morgan fingerprint density at radius 2 is 2.56 bits per heavy atom. The molecule has 0 amide bonds. The van der Waals surface area contributed by atoms with Gasteiger partial charge in [-0.25, -0.2) is 4.98 Å². The maximum absolute atomic E-state index is 5.50. The lowest BCUT2D eigenvalue weighted by Gasteiger charge is -2.23. The third-order valence-corrected chi connectivity index (χ3v) is 4.21. The number of rotatable bonds is 4. The molecule has 1 fully saturated rings. The SMILES string of the molecule is CC1(NCc2coc(-c3cccs3)n2)CCNC1. The van der Waals surface area contributed by atoms with Gasteiger partial charge in [0.25, 0.3) is 0 Å². The van der Waals surface area contributed by atoms with Gasteiger partial charge in [-0.2, -0.15) is 0 Å². The number of aromatic nitrogens is 1. The number of nitrogens with zero attached hydrogens (tertiary/aromatic N) is 1. The molecule has 4 nitrogen and oxygen atoms in total. The Morgan fingerprint density at radius 3 is 3.28 bits per heavy atom. The first-order chi connectivity index (χ1) is 8.75. The van der Waals surface area contributed by atoms with Crippen molar-refractivity contribution in [2.24, 2.45) is 0 Å². The van der Waals surface area contributed by atoms with E-state index < -0.39 is 0 Å². The van der Waals surface area contributed by atoms with Crippen LogP contribution in [0.25, 0.3) is 10.8 Å². The van der Waals surface area contributed by atoms with E-state index in [1.54, 1.807) is 17.6 Å². The Bertz CT molecular complexity index is 500. The topological polar surface area (TPSA) is 50.1 Å². The van der Waals surface area contributed by atoms with Gasteiger partial charge in [-0.3, -0.25) is 0 Å². The summed E-state index contributed by atoms with van der Waals surface area (Å²) in [6.45, 7) is 5.10. The molecule has 0 bridgehead atoms. The Hall–Kier alpha value is -1.17. The summed E-state index contributed by atoms with van der Waals surface area (Å²) in [5, 5.41) is 8.95. The van der Waals surface area contributed by atoms with Crippen LogP contribution in [0.15, 0.2) is 28.2 Å². The predicted molar refractivity (Wildman–Crippen MR) is 72.5 cm³/mol. The van der Waals surface area contributed by atoms with E-state index in [0.717, 1.165) is 42.5 Å². The van der Waals surface area contributed by atoms with Crippen molar-refractivity contribution in [1.82, 2.24) is 15.6 Å². The first-order valence-electron chi connectivity index (χ1n) is 6.19. The Labute approximate surface area is 110 Å². The van der Waals surface area contributed by atoms with E-state index in [9.17, 15) is 0 Å². The van der Waals surface area contributed by atoms with Crippen molar-refractivity contribution < 1.29 is 4.42 Å². The molecule has 2 aromatic rings. The van der Waals surface area contributed by atoms with Crippen LogP contribution >= 0.6 is 11.3 Å². The molecule has 1 aliphatic rings. The molecule has 2 aromatic heterocycles. The van der Waals surface area contributed by atoms with Crippen molar-refractivity contribution in [1.29, 1.82) is 0 Å². The number of nitrogens with one attached hydrogen (secondary N) is 2. The zero-order valence-corrected chi connectivity index (χ0v) is 11.2. The second kappa shape index (κ2) is 4.84. The Kier molecular flexibility index (Phi) is 3.20. The van der Waals surface area contributed by atoms with Crippen LogP contribution in [0.5, 0.6) is 0 Å². The average Bonchev–Trinajstić information content (AvgIpc) is 3.08. The molecule has 96 valence electrons. The van der Waals surface area contributed by atoms with Gasteiger partial charge in [-0.15, -0.1) is 11.3 Å². The minimum absolute atomic E-state index is 0.183.